The number of methoxy groups -OCH3 is 1. The minimum Gasteiger partial charge on any atom is -0.496 e. The van der Waals surface area contributed by atoms with Crippen LogP contribution in [0.5, 0.6) is 5.75 Å². The van der Waals surface area contributed by atoms with Gasteiger partial charge in [-0.25, -0.2) is 0 Å². The second-order valence-electron chi connectivity index (χ2n) is 5.55. The third-order valence-electron chi connectivity index (χ3n) is 3.72. The zero-order valence-electron chi connectivity index (χ0n) is 14.6. The van der Waals surface area contributed by atoms with Gasteiger partial charge in [-0.3, -0.25) is 9.59 Å². The van der Waals surface area contributed by atoms with Crippen LogP contribution in [0.2, 0.25) is 0 Å². The number of nitrogens with one attached hydrogen (secondary N) is 2. The van der Waals surface area contributed by atoms with Gasteiger partial charge in [0.15, 0.2) is 0 Å². The predicted molar refractivity (Wildman–Crippen MR) is 103 cm³/mol. The first-order chi connectivity index (χ1) is 13.2. The fraction of sp³-hybridized carbons (Fsp3) is 0.158. The molecule has 1 aromatic heterocycles. The standard InChI is InChI=1S/C19H18N4O3S/c1-26-15-10-6-5-7-13(15)11-12-20-16(24)18-22-23-19(27-18)17(25)21-14-8-3-2-4-9-14/h2-10H,11-12H2,1H3,(H,20,24)(H,21,25). The van der Waals surface area contributed by atoms with E-state index in [2.05, 4.69) is 20.8 Å². The van der Waals surface area contributed by atoms with E-state index in [4.69, 9.17) is 4.74 Å². The quantitative estimate of drug-likeness (QED) is 0.655. The van der Waals surface area contributed by atoms with Gasteiger partial charge in [0.1, 0.15) is 5.75 Å². The molecule has 0 saturated carbocycles. The van der Waals surface area contributed by atoms with Gasteiger partial charge in [-0.1, -0.05) is 47.7 Å². The number of hydrogen-bond donors (Lipinski definition) is 2. The Morgan fingerprint density at radius 3 is 2.37 bits per heavy atom. The second-order valence-corrected chi connectivity index (χ2v) is 6.53. The summed E-state index contributed by atoms with van der Waals surface area (Å²) in [6, 6.07) is 16.7. The van der Waals surface area contributed by atoms with Gasteiger partial charge in [0.05, 0.1) is 7.11 Å². The number of aromatic nitrogens is 2. The lowest BCUT2D eigenvalue weighted by atomic mass is 10.1. The number of hydrogen-bond acceptors (Lipinski definition) is 6. The smallest absolute Gasteiger partial charge is 0.286 e. The van der Waals surface area contributed by atoms with Crippen LogP contribution in [0.15, 0.2) is 54.6 Å². The van der Waals surface area contributed by atoms with E-state index in [-0.39, 0.29) is 15.9 Å². The minimum absolute atomic E-state index is 0.133. The first kappa shape index (κ1) is 18.5. The van der Waals surface area contributed by atoms with E-state index in [0.717, 1.165) is 22.6 Å². The van der Waals surface area contributed by atoms with Crippen LogP contribution >= 0.6 is 11.3 Å². The zero-order valence-corrected chi connectivity index (χ0v) is 15.5. The highest BCUT2D eigenvalue weighted by atomic mass is 32.1. The van der Waals surface area contributed by atoms with Gasteiger partial charge in [0, 0.05) is 12.2 Å². The van der Waals surface area contributed by atoms with Crippen molar-refractivity contribution in [2.24, 2.45) is 0 Å². The van der Waals surface area contributed by atoms with Crippen molar-refractivity contribution in [1.29, 1.82) is 0 Å². The molecule has 2 N–H and O–H groups in total. The summed E-state index contributed by atoms with van der Waals surface area (Å²) in [5, 5.41) is 13.4. The molecular weight excluding hydrogens is 364 g/mol. The molecule has 27 heavy (non-hydrogen) atoms. The SMILES string of the molecule is COc1ccccc1CCNC(=O)c1nnc(C(=O)Nc2ccccc2)s1. The van der Waals surface area contributed by atoms with Crippen LogP contribution in [0.1, 0.15) is 25.2 Å². The van der Waals surface area contributed by atoms with Crippen LogP contribution in [0.4, 0.5) is 5.69 Å². The number of amides is 2. The van der Waals surface area contributed by atoms with Crippen molar-refractivity contribution < 1.29 is 14.3 Å². The first-order valence-corrected chi connectivity index (χ1v) is 9.09. The molecule has 3 aromatic rings. The summed E-state index contributed by atoms with van der Waals surface area (Å²) in [7, 11) is 1.61. The molecule has 8 heteroatoms. The lowest BCUT2D eigenvalue weighted by Gasteiger charge is -2.08. The number of rotatable bonds is 7. The van der Waals surface area contributed by atoms with Gasteiger partial charge < -0.3 is 15.4 Å². The molecule has 0 fully saturated rings. The molecule has 0 spiro atoms. The highest BCUT2D eigenvalue weighted by molar-refractivity contribution is 7.15. The summed E-state index contributed by atoms with van der Waals surface area (Å²) in [6.07, 6.45) is 0.621. The Balaban J connectivity index is 1.54. The largest absolute Gasteiger partial charge is 0.496 e. The molecule has 0 bridgehead atoms. The third kappa shape index (κ3) is 4.89. The lowest BCUT2D eigenvalue weighted by molar-refractivity contribution is 0.0951. The molecular formula is C19H18N4O3S. The summed E-state index contributed by atoms with van der Waals surface area (Å²) < 4.78 is 5.29. The van der Waals surface area contributed by atoms with E-state index in [1.165, 1.54) is 0 Å². The molecule has 3 rings (SSSR count). The monoisotopic (exact) mass is 382 g/mol. The number of carbonyl (C=O) groups is 2. The van der Waals surface area contributed by atoms with Gasteiger partial charge in [-0.05, 0) is 30.2 Å². The maximum atomic E-state index is 12.2. The fourth-order valence-electron chi connectivity index (χ4n) is 2.41. The maximum Gasteiger partial charge on any atom is 0.286 e. The van der Waals surface area contributed by atoms with Crippen LogP contribution in [0.3, 0.4) is 0 Å². The fourth-order valence-corrected chi connectivity index (χ4v) is 3.06. The molecule has 2 aromatic carbocycles. The average molecular weight is 382 g/mol. The number of nitrogens with zero attached hydrogens (tertiary/aromatic N) is 2. The number of ether oxygens (including phenoxy) is 1. The molecule has 0 radical (unpaired) electrons. The normalized spacial score (nSPS) is 10.3. The average Bonchev–Trinajstić information content (AvgIpc) is 3.19. The van der Waals surface area contributed by atoms with Gasteiger partial charge in [-0.2, -0.15) is 0 Å². The van der Waals surface area contributed by atoms with Gasteiger partial charge in [-0.15, -0.1) is 10.2 Å². The Morgan fingerprint density at radius 1 is 0.963 bits per heavy atom. The number of benzene rings is 2. The lowest BCUT2D eigenvalue weighted by Crippen LogP contribution is -2.25. The molecule has 1 heterocycles. The predicted octanol–water partition coefficient (Wildman–Crippen LogP) is 2.77. The summed E-state index contributed by atoms with van der Waals surface area (Å²) in [6.45, 7) is 0.421. The highest BCUT2D eigenvalue weighted by Gasteiger charge is 2.17. The number of carbonyl (C=O) groups excluding carboxylic acids is 2. The van der Waals surface area contributed by atoms with Crippen molar-refractivity contribution in [2.45, 2.75) is 6.42 Å². The molecule has 0 aliphatic heterocycles. The molecule has 0 aliphatic carbocycles. The van der Waals surface area contributed by atoms with Crippen LogP contribution in [-0.4, -0.2) is 35.7 Å². The van der Waals surface area contributed by atoms with Crippen molar-refractivity contribution in [2.75, 3.05) is 19.0 Å². The van der Waals surface area contributed by atoms with Crippen molar-refractivity contribution in [3.8, 4) is 5.75 Å². The molecule has 0 atom stereocenters. The van der Waals surface area contributed by atoms with E-state index in [1.54, 1.807) is 19.2 Å². The van der Waals surface area contributed by atoms with E-state index >= 15 is 0 Å². The second kappa shape index (κ2) is 8.91. The van der Waals surface area contributed by atoms with Crippen molar-refractivity contribution in [3.63, 3.8) is 0 Å². The molecule has 138 valence electrons. The number of para-hydroxylation sites is 2. The van der Waals surface area contributed by atoms with Crippen molar-refractivity contribution in [3.05, 3.63) is 70.2 Å². The molecule has 0 unspecified atom stereocenters. The zero-order chi connectivity index (χ0) is 19.1. The summed E-state index contributed by atoms with van der Waals surface area (Å²) in [5.41, 5.74) is 1.65. The topological polar surface area (TPSA) is 93.2 Å². The Kier molecular flexibility index (Phi) is 6.11. The summed E-state index contributed by atoms with van der Waals surface area (Å²) >= 11 is 0.951. The van der Waals surface area contributed by atoms with Crippen molar-refractivity contribution in [1.82, 2.24) is 15.5 Å². The Hall–Kier alpha value is -3.26. The van der Waals surface area contributed by atoms with Crippen LogP contribution < -0.4 is 15.4 Å². The van der Waals surface area contributed by atoms with E-state index in [1.807, 2.05) is 42.5 Å². The third-order valence-corrected chi connectivity index (χ3v) is 4.64. The minimum atomic E-state index is -0.397. The summed E-state index contributed by atoms with van der Waals surface area (Å²) in [5.74, 6) is 0.0236. The Labute approximate surface area is 160 Å². The van der Waals surface area contributed by atoms with Crippen molar-refractivity contribution >= 4 is 28.8 Å². The summed E-state index contributed by atoms with van der Waals surface area (Å²) in [4.78, 5) is 24.4. The molecule has 0 saturated heterocycles. The Morgan fingerprint density at radius 2 is 1.63 bits per heavy atom. The Bertz CT molecular complexity index is 927. The van der Waals surface area contributed by atoms with Crippen LogP contribution in [-0.2, 0) is 6.42 Å². The van der Waals surface area contributed by atoms with E-state index < -0.39 is 5.91 Å². The van der Waals surface area contributed by atoms with Gasteiger partial charge in [0.2, 0.25) is 10.0 Å². The molecule has 7 nitrogen and oxygen atoms in total. The molecule has 0 aliphatic rings. The maximum absolute atomic E-state index is 12.2. The van der Waals surface area contributed by atoms with Gasteiger partial charge in [0.25, 0.3) is 11.8 Å². The van der Waals surface area contributed by atoms with Crippen LogP contribution in [0, 0.1) is 0 Å². The van der Waals surface area contributed by atoms with Gasteiger partial charge >= 0.3 is 0 Å². The van der Waals surface area contributed by atoms with E-state index in [9.17, 15) is 9.59 Å². The first-order valence-electron chi connectivity index (χ1n) is 8.27. The molecule has 2 amide bonds. The number of anilines is 1. The van der Waals surface area contributed by atoms with E-state index in [0.29, 0.717) is 18.7 Å². The van der Waals surface area contributed by atoms with Crippen LogP contribution in [0.25, 0.3) is 0 Å². The highest BCUT2D eigenvalue weighted by Crippen LogP contribution is 2.17.